The number of sulfonamides is 1. The molecule has 0 aromatic heterocycles. The van der Waals surface area contributed by atoms with E-state index in [1.165, 1.54) is 6.07 Å². The minimum atomic E-state index is -3.54. The number of hydrogen-bond acceptors (Lipinski definition) is 4. The third kappa shape index (κ3) is 6.81. The lowest BCUT2D eigenvalue weighted by Crippen LogP contribution is -2.27. The molecule has 0 aliphatic heterocycles. The van der Waals surface area contributed by atoms with Crippen molar-refractivity contribution in [2.45, 2.75) is 13.2 Å². The molecule has 9 heteroatoms. The molecule has 0 fully saturated rings. The van der Waals surface area contributed by atoms with Crippen LogP contribution in [-0.2, 0) is 16.6 Å². The molecule has 0 saturated carbocycles. The summed E-state index contributed by atoms with van der Waals surface area (Å²) in [5.41, 5.74) is 0.490. The van der Waals surface area contributed by atoms with E-state index in [0.29, 0.717) is 10.0 Å². The summed E-state index contributed by atoms with van der Waals surface area (Å²) >= 11 is 3.22. The van der Waals surface area contributed by atoms with Crippen LogP contribution in [0.15, 0.2) is 22.7 Å². The quantitative estimate of drug-likeness (QED) is 0.722. The Bertz CT molecular complexity index is 526. The first-order valence-electron chi connectivity index (χ1n) is 5.22. The predicted octanol–water partition coefficient (Wildman–Crippen LogP) is 1.43. The summed E-state index contributed by atoms with van der Waals surface area (Å²) in [6.07, 6.45) is 0. The number of halogens is 3. The van der Waals surface area contributed by atoms with Gasteiger partial charge in [-0.05, 0) is 18.2 Å². The van der Waals surface area contributed by atoms with Gasteiger partial charge in [-0.25, -0.2) is 13.6 Å². The minimum Gasteiger partial charge on any atom is -0.434 e. The van der Waals surface area contributed by atoms with E-state index < -0.39 is 16.6 Å². The summed E-state index contributed by atoms with van der Waals surface area (Å²) in [6, 6.07) is 4.60. The molecule has 0 bridgehead atoms. The van der Waals surface area contributed by atoms with E-state index in [-0.39, 0.29) is 24.6 Å². The summed E-state index contributed by atoms with van der Waals surface area (Å²) in [4.78, 5) is 0. The second-order valence-corrected chi connectivity index (χ2v) is 6.32. The summed E-state index contributed by atoms with van der Waals surface area (Å²) in [5, 5.41) is 7.63. The van der Waals surface area contributed by atoms with E-state index in [2.05, 4.69) is 26.0 Å². The van der Waals surface area contributed by atoms with Gasteiger partial charge in [-0.15, -0.1) is 0 Å². The van der Waals surface area contributed by atoms with E-state index in [0.717, 1.165) is 0 Å². The molecule has 0 aliphatic carbocycles. The summed E-state index contributed by atoms with van der Waals surface area (Å²) in [6.45, 7) is -2.60. The van der Waals surface area contributed by atoms with Crippen LogP contribution < -0.4 is 15.2 Å². The Hall–Kier alpha value is -0.770. The van der Waals surface area contributed by atoms with Crippen LogP contribution in [0, 0.1) is 0 Å². The van der Waals surface area contributed by atoms with Gasteiger partial charge in [-0.3, -0.25) is 0 Å². The van der Waals surface area contributed by atoms with Gasteiger partial charge in [0.2, 0.25) is 10.0 Å². The van der Waals surface area contributed by atoms with Crippen LogP contribution in [0.2, 0.25) is 0 Å². The van der Waals surface area contributed by atoms with Gasteiger partial charge < -0.3 is 10.1 Å². The predicted molar refractivity (Wildman–Crippen MR) is 70.5 cm³/mol. The third-order valence-corrected chi connectivity index (χ3v) is 3.38. The van der Waals surface area contributed by atoms with Crippen molar-refractivity contribution in [3.63, 3.8) is 0 Å². The van der Waals surface area contributed by atoms with Crippen molar-refractivity contribution in [3.05, 3.63) is 28.2 Å². The molecule has 1 aromatic carbocycles. The molecule has 0 radical (unpaired) electrons. The molecule has 3 N–H and O–H groups in total. The summed E-state index contributed by atoms with van der Waals surface area (Å²) in [7, 11) is -3.54. The van der Waals surface area contributed by atoms with Crippen molar-refractivity contribution in [3.8, 4) is 5.75 Å². The van der Waals surface area contributed by atoms with Gasteiger partial charge in [0.05, 0.1) is 5.75 Å². The van der Waals surface area contributed by atoms with Crippen LogP contribution >= 0.6 is 15.9 Å². The molecular formula is C10H13BrF2N2O3S. The van der Waals surface area contributed by atoms with E-state index in [9.17, 15) is 17.2 Å². The van der Waals surface area contributed by atoms with Gasteiger partial charge in [0.1, 0.15) is 5.75 Å². The average Bonchev–Trinajstić information content (AvgIpc) is 2.26. The number of nitrogens with one attached hydrogen (secondary N) is 1. The fourth-order valence-electron chi connectivity index (χ4n) is 1.33. The number of nitrogens with two attached hydrogens (primary N) is 1. The highest BCUT2D eigenvalue weighted by Crippen LogP contribution is 2.24. The lowest BCUT2D eigenvalue weighted by molar-refractivity contribution is -0.0505. The molecule has 0 heterocycles. The molecule has 0 amide bonds. The zero-order chi connectivity index (χ0) is 14.5. The van der Waals surface area contributed by atoms with Gasteiger partial charge in [-0.1, -0.05) is 15.9 Å². The van der Waals surface area contributed by atoms with Crippen LogP contribution in [0.1, 0.15) is 5.56 Å². The maximum Gasteiger partial charge on any atom is 0.387 e. The molecule has 5 nitrogen and oxygen atoms in total. The number of primary sulfonamides is 1. The smallest absolute Gasteiger partial charge is 0.387 e. The van der Waals surface area contributed by atoms with Gasteiger partial charge in [-0.2, -0.15) is 8.78 Å². The first-order chi connectivity index (χ1) is 8.78. The normalized spacial score (nSPS) is 11.8. The number of hydrogen-bond donors (Lipinski definition) is 2. The van der Waals surface area contributed by atoms with E-state index >= 15 is 0 Å². The molecule has 0 atom stereocenters. The van der Waals surface area contributed by atoms with Crippen molar-refractivity contribution >= 4 is 26.0 Å². The Labute approximate surface area is 118 Å². The Kier molecular flexibility index (Phi) is 6.11. The molecule has 0 spiro atoms. The monoisotopic (exact) mass is 358 g/mol. The summed E-state index contributed by atoms with van der Waals surface area (Å²) < 4.78 is 50.9. The topological polar surface area (TPSA) is 81.4 Å². The fourth-order valence-corrected chi connectivity index (χ4v) is 2.17. The Morgan fingerprint density at radius 2 is 2.11 bits per heavy atom. The Morgan fingerprint density at radius 3 is 2.68 bits per heavy atom. The van der Waals surface area contributed by atoms with Gasteiger partial charge in [0.25, 0.3) is 0 Å². The van der Waals surface area contributed by atoms with Crippen LogP contribution in [0.25, 0.3) is 0 Å². The largest absolute Gasteiger partial charge is 0.434 e. The lowest BCUT2D eigenvalue weighted by Gasteiger charge is -2.11. The van der Waals surface area contributed by atoms with Gasteiger partial charge >= 0.3 is 6.61 Å². The Balaban J connectivity index is 2.63. The standard InChI is InChI=1S/C10H13BrF2N2O3S/c11-8-1-2-9(18-10(12)13)7(5-8)6-15-3-4-19(14,16)17/h1-2,5,10,15H,3-4,6H2,(H2,14,16,17). The number of alkyl halides is 2. The van der Waals surface area contributed by atoms with Crippen LogP contribution in [0.4, 0.5) is 8.78 Å². The van der Waals surface area contributed by atoms with Crippen LogP contribution in [0.3, 0.4) is 0 Å². The van der Waals surface area contributed by atoms with Crippen molar-refractivity contribution in [2.24, 2.45) is 5.14 Å². The number of benzene rings is 1. The fraction of sp³-hybridized carbons (Fsp3) is 0.400. The zero-order valence-corrected chi connectivity index (χ0v) is 12.2. The molecule has 0 saturated heterocycles. The number of rotatable bonds is 7. The minimum absolute atomic E-state index is 0.0429. The average molecular weight is 359 g/mol. The highest BCUT2D eigenvalue weighted by molar-refractivity contribution is 9.10. The molecule has 108 valence electrons. The third-order valence-electron chi connectivity index (χ3n) is 2.12. The van der Waals surface area contributed by atoms with Crippen molar-refractivity contribution in [1.82, 2.24) is 5.32 Å². The van der Waals surface area contributed by atoms with Gasteiger partial charge in [0, 0.05) is 23.1 Å². The number of ether oxygens (including phenoxy) is 1. The lowest BCUT2D eigenvalue weighted by atomic mass is 10.2. The van der Waals surface area contributed by atoms with Crippen molar-refractivity contribution in [1.29, 1.82) is 0 Å². The van der Waals surface area contributed by atoms with Crippen molar-refractivity contribution in [2.75, 3.05) is 12.3 Å². The van der Waals surface area contributed by atoms with E-state index in [1.807, 2.05) is 0 Å². The molecule has 1 aromatic rings. The molecule has 0 unspecified atom stereocenters. The Morgan fingerprint density at radius 1 is 1.42 bits per heavy atom. The zero-order valence-electron chi connectivity index (χ0n) is 9.77. The molecule has 0 aliphatic rings. The highest BCUT2D eigenvalue weighted by atomic mass is 79.9. The second kappa shape index (κ2) is 7.13. The van der Waals surface area contributed by atoms with E-state index in [1.54, 1.807) is 12.1 Å². The van der Waals surface area contributed by atoms with E-state index in [4.69, 9.17) is 5.14 Å². The molecular weight excluding hydrogens is 346 g/mol. The molecule has 1 rings (SSSR count). The molecule has 19 heavy (non-hydrogen) atoms. The SMILES string of the molecule is NS(=O)(=O)CCNCc1cc(Br)ccc1OC(F)F. The first kappa shape index (κ1) is 16.3. The van der Waals surface area contributed by atoms with Crippen molar-refractivity contribution < 1.29 is 21.9 Å². The van der Waals surface area contributed by atoms with Gasteiger partial charge in [0.15, 0.2) is 0 Å². The maximum absolute atomic E-state index is 12.2. The first-order valence-corrected chi connectivity index (χ1v) is 7.73. The highest BCUT2D eigenvalue weighted by Gasteiger charge is 2.10. The second-order valence-electron chi connectivity index (χ2n) is 3.67. The van der Waals surface area contributed by atoms with Crippen LogP contribution in [0.5, 0.6) is 5.75 Å². The summed E-state index contributed by atoms with van der Waals surface area (Å²) in [5.74, 6) is -0.187. The van der Waals surface area contributed by atoms with Crippen LogP contribution in [-0.4, -0.2) is 27.3 Å². The maximum atomic E-state index is 12.2.